The Morgan fingerprint density at radius 1 is 1.24 bits per heavy atom. The number of nitrogens with zero attached hydrogens (tertiary/aromatic N) is 2. The molecule has 1 aliphatic rings. The quantitative estimate of drug-likeness (QED) is 0.326. The highest BCUT2D eigenvalue weighted by molar-refractivity contribution is 7.89. The first kappa shape index (κ1) is 23.4. The molecule has 0 amide bonds. The first-order chi connectivity index (χ1) is 13.6. The van der Waals surface area contributed by atoms with Gasteiger partial charge in [-0.1, -0.05) is 12.1 Å². The van der Waals surface area contributed by atoms with E-state index in [9.17, 15) is 21.6 Å². The molecular weight excluding hydrogens is 407 g/mol. The summed E-state index contributed by atoms with van der Waals surface area (Å²) in [6.07, 6.45) is -3.44. The molecule has 1 atom stereocenters. The summed E-state index contributed by atoms with van der Waals surface area (Å²) >= 11 is 0. The largest absolute Gasteiger partial charge is 0.416 e. The summed E-state index contributed by atoms with van der Waals surface area (Å²) in [7, 11) is -1.57. The number of rotatable bonds is 8. The van der Waals surface area contributed by atoms with Crippen molar-refractivity contribution in [3.63, 3.8) is 0 Å². The first-order valence-corrected chi connectivity index (χ1v) is 11.1. The fourth-order valence-corrected chi connectivity index (χ4v) is 3.65. The molecule has 1 fully saturated rings. The summed E-state index contributed by atoms with van der Waals surface area (Å²) in [4.78, 5) is 6.31. The van der Waals surface area contributed by atoms with Crippen molar-refractivity contribution in [3.8, 4) is 0 Å². The highest BCUT2D eigenvalue weighted by atomic mass is 32.2. The Morgan fingerprint density at radius 3 is 2.52 bits per heavy atom. The van der Waals surface area contributed by atoms with E-state index in [0.29, 0.717) is 19.0 Å². The van der Waals surface area contributed by atoms with Crippen LogP contribution in [0.2, 0.25) is 0 Å². The minimum atomic E-state index is -4.32. The molecule has 0 spiro atoms. The Bertz CT molecular complexity index is 782. The summed E-state index contributed by atoms with van der Waals surface area (Å²) in [5.74, 6) is 0.624. The number of alkyl halides is 3. The molecule has 1 aromatic rings. The van der Waals surface area contributed by atoms with Crippen molar-refractivity contribution in [2.75, 3.05) is 39.0 Å². The molecule has 0 aliphatic carbocycles. The maximum absolute atomic E-state index is 12.6. The van der Waals surface area contributed by atoms with Crippen LogP contribution in [0.4, 0.5) is 13.2 Å². The number of halogens is 3. The molecule has 0 saturated carbocycles. The third-order valence-electron chi connectivity index (χ3n) is 4.64. The molecule has 11 heteroatoms. The fourth-order valence-electron chi connectivity index (χ4n) is 3.03. The highest BCUT2D eigenvalue weighted by Crippen LogP contribution is 2.29. The van der Waals surface area contributed by atoms with Gasteiger partial charge in [-0.3, -0.25) is 9.89 Å². The first-order valence-electron chi connectivity index (χ1n) is 9.46. The van der Waals surface area contributed by atoms with Crippen LogP contribution in [0.1, 0.15) is 24.5 Å². The molecule has 1 aromatic carbocycles. The Balaban J connectivity index is 1.75. The lowest BCUT2D eigenvalue weighted by Crippen LogP contribution is -2.46. The second-order valence-electron chi connectivity index (χ2n) is 6.86. The maximum Gasteiger partial charge on any atom is 0.416 e. The number of likely N-dealkylation sites (tertiary alicyclic amines) is 1. The minimum absolute atomic E-state index is 0.0385. The summed E-state index contributed by atoms with van der Waals surface area (Å²) in [5, 5.41) is 6.36. The lowest BCUT2D eigenvalue weighted by atomic mass is 10.1. The van der Waals surface area contributed by atoms with E-state index in [1.807, 2.05) is 0 Å². The Kier molecular flexibility index (Phi) is 8.29. The van der Waals surface area contributed by atoms with Crippen LogP contribution in [-0.4, -0.2) is 64.3 Å². The Morgan fingerprint density at radius 2 is 1.93 bits per heavy atom. The van der Waals surface area contributed by atoms with E-state index >= 15 is 0 Å². The van der Waals surface area contributed by atoms with Gasteiger partial charge in [0.05, 0.1) is 11.3 Å². The molecular formula is C18H28F3N5O2S. The van der Waals surface area contributed by atoms with Crippen molar-refractivity contribution >= 4 is 16.0 Å². The van der Waals surface area contributed by atoms with Crippen molar-refractivity contribution in [1.29, 1.82) is 0 Å². The van der Waals surface area contributed by atoms with Crippen molar-refractivity contribution < 1.29 is 21.6 Å². The van der Waals surface area contributed by atoms with Gasteiger partial charge in [-0.05, 0) is 31.0 Å². The van der Waals surface area contributed by atoms with Crippen LogP contribution in [-0.2, 0) is 22.7 Å². The lowest BCUT2D eigenvalue weighted by molar-refractivity contribution is -0.137. The predicted molar refractivity (Wildman–Crippen MR) is 107 cm³/mol. The molecule has 1 unspecified atom stereocenters. The SMILES string of the molecule is CCS(=O)(=O)NCCNC(=NC)NC1CCN(Cc2ccc(C(F)(F)F)cc2)C1. The number of sulfonamides is 1. The van der Waals surface area contributed by atoms with E-state index in [0.717, 1.165) is 37.2 Å². The maximum atomic E-state index is 12.6. The van der Waals surface area contributed by atoms with E-state index in [4.69, 9.17) is 0 Å². The summed E-state index contributed by atoms with van der Waals surface area (Å²) in [6.45, 7) is 4.40. The second kappa shape index (κ2) is 10.3. The van der Waals surface area contributed by atoms with Gasteiger partial charge in [0.25, 0.3) is 0 Å². The zero-order valence-electron chi connectivity index (χ0n) is 16.6. The van der Waals surface area contributed by atoms with Crippen LogP contribution in [0.25, 0.3) is 0 Å². The highest BCUT2D eigenvalue weighted by Gasteiger charge is 2.30. The molecule has 7 nitrogen and oxygen atoms in total. The lowest BCUT2D eigenvalue weighted by Gasteiger charge is -2.19. The zero-order valence-corrected chi connectivity index (χ0v) is 17.4. The molecule has 3 N–H and O–H groups in total. The predicted octanol–water partition coefficient (Wildman–Crippen LogP) is 1.38. The van der Waals surface area contributed by atoms with Gasteiger partial charge >= 0.3 is 6.18 Å². The van der Waals surface area contributed by atoms with Crippen LogP contribution >= 0.6 is 0 Å². The molecule has 1 saturated heterocycles. The number of hydrogen-bond acceptors (Lipinski definition) is 4. The van der Waals surface area contributed by atoms with Gasteiger partial charge in [0, 0.05) is 45.8 Å². The third-order valence-corrected chi connectivity index (χ3v) is 6.05. The molecule has 0 bridgehead atoms. The molecule has 1 heterocycles. The summed E-state index contributed by atoms with van der Waals surface area (Å²) < 4.78 is 63.2. The van der Waals surface area contributed by atoms with Gasteiger partial charge in [0.2, 0.25) is 10.0 Å². The van der Waals surface area contributed by atoms with Crippen molar-refractivity contribution in [3.05, 3.63) is 35.4 Å². The molecule has 0 aromatic heterocycles. The van der Waals surface area contributed by atoms with Gasteiger partial charge in [0.1, 0.15) is 0 Å². The second-order valence-corrected chi connectivity index (χ2v) is 8.95. The molecule has 164 valence electrons. The zero-order chi connectivity index (χ0) is 21.5. The van der Waals surface area contributed by atoms with Gasteiger partial charge in [0.15, 0.2) is 5.96 Å². The van der Waals surface area contributed by atoms with E-state index < -0.39 is 21.8 Å². The van der Waals surface area contributed by atoms with Crippen molar-refractivity contribution in [2.45, 2.75) is 32.1 Å². The van der Waals surface area contributed by atoms with E-state index in [1.54, 1.807) is 14.0 Å². The van der Waals surface area contributed by atoms with Crippen LogP contribution < -0.4 is 15.4 Å². The van der Waals surface area contributed by atoms with Gasteiger partial charge in [-0.15, -0.1) is 0 Å². The topological polar surface area (TPSA) is 85.8 Å². The minimum Gasteiger partial charge on any atom is -0.355 e. The van der Waals surface area contributed by atoms with Gasteiger partial charge in [-0.2, -0.15) is 13.2 Å². The van der Waals surface area contributed by atoms with Crippen LogP contribution in [0, 0.1) is 0 Å². The monoisotopic (exact) mass is 435 g/mol. The summed E-state index contributed by atoms with van der Waals surface area (Å²) in [6, 6.07) is 5.41. The molecule has 29 heavy (non-hydrogen) atoms. The smallest absolute Gasteiger partial charge is 0.355 e. The average molecular weight is 436 g/mol. The van der Waals surface area contributed by atoms with Gasteiger partial charge < -0.3 is 10.6 Å². The van der Waals surface area contributed by atoms with Crippen LogP contribution in [0.3, 0.4) is 0 Å². The Hall–Kier alpha value is -1.85. The number of benzene rings is 1. The Labute approximate surface area is 169 Å². The molecule has 1 aliphatic heterocycles. The summed E-state index contributed by atoms with van der Waals surface area (Å²) in [5.41, 5.74) is 0.197. The van der Waals surface area contributed by atoms with Gasteiger partial charge in [-0.25, -0.2) is 13.1 Å². The third kappa shape index (κ3) is 7.82. The normalized spacial score (nSPS) is 18.8. The number of guanidine groups is 1. The fraction of sp³-hybridized carbons (Fsp3) is 0.611. The van der Waals surface area contributed by atoms with Crippen molar-refractivity contribution in [2.24, 2.45) is 4.99 Å². The number of aliphatic imine (C=N–C) groups is 1. The average Bonchev–Trinajstić information content (AvgIpc) is 3.10. The molecule has 2 rings (SSSR count). The van der Waals surface area contributed by atoms with E-state index in [-0.39, 0.29) is 18.3 Å². The standard InChI is InChI=1S/C18H28F3N5O2S/c1-3-29(27,28)24-10-9-23-17(22-2)25-16-8-11-26(13-16)12-14-4-6-15(7-5-14)18(19,20)21/h4-7,16,24H,3,8-13H2,1-2H3,(H2,22,23,25). The molecule has 0 radical (unpaired) electrons. The van der Waals surface area contributed by atoms with Crippen LogP contribution in [0.15, 0.2) is 29.3 Å². The number of nitrogens with one attached hydrogen (secondary N) is 3. The van der Waals surface area contributed by atoms with Crippen LogP contribution in [0.5, 0.6) is 0 Å². The number of hydrogen-bond donors (Lipinski definition) is 3. The van der Waals surface area contributed by atoms with E-state index in [2.05, 4.69) is 25.2 Å². The van der Waals surface area contributed by atoms with E-state index in [1.165, 1.54) is 12.1 Å². The van der Waals surface area contributed by atoms with Crippen molar-refractivity contribution in [1.82, 2.24) is 20.3 Å².